The Hall–Kier alpha value is -2.09. The molecule has 1 N–H and O–H groups in total. The second kappa shape index (κ2) is 4.23. The zero-order valence-electron chi connectivity index (χ0n) is 9.19. The first-order valence-electron chi connectivity index (χ1n) is 5.16. The van der Waals surface area contributed by atoms with Gasteiger partial charge in [0.05, 0.1) is 4.47 Å². The predicted octanol–water partition coefficient (Wildman–Crippen LogP) is 2.15. The first kappa shape index (κ1) is 12.0. The van der Waals surface area contributed by atoms with Gasteiger partial charge in [0.2, 0.25) is 0 Å². The summed E-state index contributed by atoms with van der Waals surface area (Å²) in [6.07, 6.45) is 0. The molecule has 0 aliphatic carbocycles. The van der Waals surface area contributed by atoms with Crippen molar-refractivity contribution in [3.63, 3.8) is 0 Å². The van der Waals surface area contributed by atoms with Crippen LogP contribution in [0.5, 0.6) is 0 Å². The average Bonchev–Trinajstić information content (AvgIpc) is 2.73. The van der Waals surface area contributed by atoms with Crippen LogP contribution in [0.2, 0.25) is 0 Å². The molecule has 96 valence electrons. The number of nitrogens with zero attached hydrogens (tertiary/aromatic N) is 3. The summed E-state index contributed by atoms with van der Waals surface area (Å²) in [5.74, 6) is -1.59. The van der Waals surface area contributed by atoms with Gasteiger partial charge in [-0.3, -0.25) is 4.79 Å². The molecule has 0 spiro atoms. The monoisotopic (exact) mass is 326 g/mol. The van der Waals surface area contributed by atoms with Gasteiger partial charge in [0.1, 0.15) is 11.2 Å². The molecule has 0 radical (unpaired) electrons. The molecule has 0 bridgehead atoms. The van der Waals surface area contributed by atoms with E-state index in [1.165, 1.54) is 12.1 Å². The van der Waals surface area contributed by atoms with Gasteiger partial charge in [0, 0.05) is 0 Å². The number of pyridine rings is 1. The lowest BCUT2D eigenvalue weighted by molar-refractivity contribution is 0.558. The van der Waals surface area contributed by atoms with Crippen molar-refractivity contribution >= 4 is 27.1 Å². The van der Waals surface area contributed by atoms with Gasteiger partial charge in [-0.25, -0.2) is 8.78 Å². The largest absolute Gasteiger partial charge is 0.304 e. The summed E-state index contributed by atoms with van der Waals surface area (Å²) in [5, 5.41) is 7.42. The number of nitrogens with one attached hydrogen (secondary N) is 1. The molecule has 0 saturated heterocycles. The minimum Gasteiger partial charge on any atom is -0.304 e. The molecule has 0 amide bonds. The van der Waals surface area contributed by atoms with Crippen molar-refractivity contribution in [2.45, 2.75) is 0 Å². The molecule has 0 aliphatic rings. The number of H-pyrrole nitrogens is 1. The number of fused-ring (bicyclic) bond motifs is 1. The molecule has 3 aromatic rings. The van der Waals surface area contributed by atoms with E-state index in [9.17, 15) is 13.6 Å². The number of aromatic nitrogens is 4. The molecule has 2 aromatic heterocycles. The zero-order valence-corrected chi connectivity index (χ0v) is 10.8. The summed E-state index contributed by atoms with van der Waals surface area (Å²) >= 11 is 3.04. The molecule has 0 unspecified atom stereocenters. The van der Waals surface area contributed by atoms with Crippen molar-refractivity contribution in [1.29, 1.82) is 0 Å². The lowest BCUT2D eigenvalue weighted by atomic mass is 10.3. The Morgan fingerprint density at radius 1 is 1.26 bits per heavy atom. The Labute approximate surface area is 113 Å². The Bertz CT molecular complexity index is 822. The number of halogens is 3. The van der Waals surface area contributed by atoms with E-state index >= 15 is 0 Å². The Balaban J connectivity index is 2.38. The second-order valence-electron chi connectivity index (χ2n) is 3.75. The van der Waals surface area contributed by atoms with E-state index < -0.39 is 17.2 Å². The van der Waals surface area contributed by atoms with Crippen molar-refractivity contribution in [1.82, 2.24) is 20.0 Å². The normalized spacial score (nSPS) is 11.1. The van der Waals surface area contributed by atoms with Crippen molar-refractivity contribution in [2.24, 2.45) is 0 Å². The SMILES string of the molecule is O=c1[nH]c2c(cc1Br)nnn2-c1c(F)cccc1F. The number of rotatable bonds is 1. The van der Waals surface area contributed by atoms with Crippen LogP contribution in [-0.2, 0) is 0 Å². The minimum absolute atomic E-state index is 0.122. The first-order valence-corrected chi connectivity index (χ1v) is 5.96. The van der Waals surface area contributed by atoms with Gasteiger partial charge in [0.25, 0.3) is 5.56 Å². The molecule has 8 heteroatoms. The average molecular weight is 327 g/mol. The third kappa shape index (κ3) is 1.84. The molecule has 0 atom stereocenters. The Morgan fingerprint density at radius 2 is 1.95 bits per heavy atom. The minimum atomic E-state index is -0.796. The fraction of sp³-hybridized carbons (Fsp3) is 0. The Morgan fingerprint density at radius 3 is 2.63 bits per heavy atom. The maximum Gasteiger partial charge on any atom is 0.263 e. The fourth-order valence-electron chi connectivity index (χ4n) is 1.71. The van der Waals surface area contributed by atoms with Gasteiger partial charge in [0.15, 0.2) is 17.3 Å². The number of hydrogen-bond donors (Lipinski definition) is 1. The summed E-state index contributed by atoms with van der Waals surface area (Å²) < 4.78 is 28.6. The number of para-hydroxylation sites is 1. The highest BCUT2D eigenvalue weighted by atomic mass is 79.9. The number of benzene rings is 1. The van der Waals surface area contributed by atoms with Crippen molar-refractivity contribution in [3.05, 3.63) is 50.7 Å². The van der Waals surface area contributed by atoms with E-state index in [-0.39, 0.29) is 15.8 Å². The van der Waals surface area contributed by atoms with Gasteiger partial charge < -0.3 is 4.98 Å². The van der Waals surface area contributed by atoms with E-state index in [1.54, 1.807) is 0 Å². The first-order chi connectivity index (χ1) is 9.08. The summed E-state index contributed by atoms with van der Waals surface area (Å²) in [6, 6.07) is 4.87. The van der Waals surface area contributed by atoms with Crippen molar-refractivity contribution in [3.8, 4) is 5.69 Å². The number of hydrogen-bond acceptors (Lipinski definition) is 3. The molecular formula is C11H5BrF2N4O. The Kier molecular flexibility index (Phi) is 2.67. The van der Waals surface area contributed by atoms with E-state index in [1.807, 2.05) is 0 Å². The van der Waals surface area contributed by atoms with Crippen molar-refractivity contribution in [2.75, 3.05) is 0 Å². The third-order valence-corrected chi connectivity index (χ3v) is 3.15. The molecule has 0 aliphatic heterocycles. The highest BCUT2D eigenvalue weighted by molar-refractivity contribution is 9.10. The maximum atomic E-state index is 13.7. The molecule has 19 heavy (non-hydrogen) atoms. The maximum absolute atomic E-state index is 13.7. The van der Waals surface area contributed by atoms with Crippen LogP contribution in [0.25, 0.3) is 16.9 Å². The van der Waals surface area contributed by atoms with Crippen LogP contribution in [-0.4, -0.2) is 20.0 Å². The molecule has 5 nitrogen and oxygen atoms in total. The van der Waals surface area contributed by atoms with E-state index in [0.717, 1.165) is 16.8 Å². The molecule has 0 fully saturated rings. The van der Waals surface area contributed by atoms with E-state index in [0.29, 0.717) is 5.52 Å². The smallest absolute Gasteiger partial charge is 0.263 e. The number of aromatic amines is 1. The summed E-state index contributed by atoms with van der Waals surface area (Å²) in [4.78, 5) is 14.0. The predicted molar refractivity (Wildman–Crippen MR) is 67.1 cm³/mol. The van der Waals surface area contributed by atoms with Crippen LogP contribution >= 0.6 is 15.9 Å². The van der Waals surface area contributed by atoms with Gasteiger partial charge in [-0.1, -0.05) is 11.3 Å². The van der Waals surface area contributed by atoms with Gasteiger partial charge in [-0.05, 0) is 34.1 Å². The molecule has 2 heterocycles. The summed E-state index contributed by atoms with van der Waals surface area (Å²) in [6.45, 7) is 0. The summed E-state index contributed by atoms with van der Waals surface area (Å²) in [7, 11) is 0. The quantitative estimate of drug-likeness (QED) is 0.745. The lowest BCUT2D eigenvalue weighted by Crippen LogP contribution is -2.10. The summed E-state index contributed by atoms with van der Waals surface area (Å²) in [5.41, 5.74) is -0.387. The molecular weight excluding hydrogens is 322 g/mol. The van der Waals surface area contributed by atoms with Crippen LogP contribution in [0.4, 0.5) is 8.78 Å². The van der Waals surface area contributed by atoms with Crippen LogP contribution in [0.3, 0.4) is 0 Å². The van der Waals surface area contributed by atoms with Gasteiger partial charge in [-0.15, -0.1) is 5.10 Å². The van der Waals surface area contributed by atoms with Crippen LogP contribution < -0.4 is 5.56 Å². The standard InChI is InChI=1S/C11H5BrF2N4O/c12-5-4-8-10(15-11(5)19)18(17-16-8)9-6(13)2-1-3-7(9)14/h1-4H,(H,15,19). The highest BCUT2D eigenvalue weighted by Crippen LogP contribution is 2.20. The molecule has 0 saturated carbocycles. The molecule has 3 rings (SSSR count). The van der Waals surface area contributed by atoms with Crippen LogP contribution in [0, 0.1) is 11.6 Å². The molecule has 1 aromatic carbocycles. The zero-order chi connectivity index (χ0) is 13.6. The van der Waals surface area contributed by atoms with E-state index in [4.69, 9.17) is 0 Å². The highest BCUT2D eigenvalue weighted by Gasteiger charge is 2.16. The topological polar surface area (TPSA) is 63.6 Å². The van der Waals surface area contributed by atoms with E-state index in [2.05, 4.69) is 31.2 Å². The third-order valence-electron chi connectivity index (χ3n) is 2.56. The van der Waals surface area contributed by atoms with Crippen molar-refractivity contribution < 1.29 is 8.78 Å². The van der Waals surface area contributed by atoms with Gasteiger partial charge >= 0.3 is 0 Å². The lowest BCUT2D eigenvalue weighted by Gasteiger charge is -2.04. The van der Waals surface area contributed by atoms with Gasteiger partial charge in [-0.2, -0.15) is 4.68 Å². The second-order valence-corrected chi connectivity index (χ2v) is 4.61. The van der Waals surface area contributed by atoms with Crippen LogP contribution in [0.1, 0.15) is 0 Å². The fourth-order valence-corrected chi connectivity index (χ4v) is 2.02. The van der Waals surface area contributed by atoms with Crippen LogP contribution in [0.15, 0.2) is 33.5 Å².